The molecule has 6 rings (SSSR count). The number of carbonyl (C=O) groups excluding carboxylic acids is 3. The molecule has 9 nitrogen and oxygen atoms in total. The maximum atomic E-state index is 14.0. The smallest absolute Gasteiger partial charge is 0.418 e. The SMILES string of the molecule is CNc1c(Cl)cc(C[C@@H](OC(=O)N2CCC3(CC2)CC(=O)Nc2ccccc23)C(=O)N2CCC(N3CCCCC3)CC2)cc1C(F)(F)F. The van der Waals surface area contributed by atoms with Crippen LogP contribution >= 0.6 is 11.6 Å². The molecule has 2 N–H and O–H groups in total. The second-order valence-electron chi connectivity index (χ2n) is 13.5. The Hall–Kier alpha value is -3.51. The highest BCUT2D eigenvalue weighted by Gasteiger charge is 2.44. The van der Waals surface area contributed by atoms with E-state index in [1.165, 1.54) is 37.3 Å². The molecule has 13 heteroatoms. The minimum Gasteiger partial charge on any atom is -0.436 e. The van der Waals surface area contributed by atoms with Gasteiger partial charge in [0.15, 0.2) is 6.10 Å². The third kappa shape index (κ3) is 7.24. The van der Waals surface area contributed by atoms with E-state index in [2.05, 4.69) is 15.5 Å². The Morgan fingerprint density at radius 3 is 2.38 bits per heavy atom. The number of anilines is 2. The molecule has 1 spiro atoms. The molecule has 4 heterocycles. The quantitative estimate of drug-likeness (QED) is 0.370. The number of piperidine rings is 3. The van der Waals surface area contributed by atoms with Gasteiger partial charge in [0, 0.05) is 63.2 Å². The third-order valence-electron chi connectivity index (χ3n) is 10.6. The number of nitrogens with one attached hydrogen (secondary N) is 2. The Kier molecular flexibility index (Phi) is 10.1. The fourth-order valence-corrected chi connectivity index (χ4v) is 8.34. The van der Waals surface area contributed by atoms with E-state index >= 15 is 0 Å². The molecular weight excluding hydrogens is 647 g/mol. The molecule has 3 amide bonds. The van der Waals surface area contributed by atoms with E-state index in [0.717, 1.165) is 43.2 Å². The van der Waals surface area contributed by atoms with Crippen LogP contribution < -0.4 is 10.6 Å². The van der Waals surface area contributed by atoms with Crippen LogP contribution in [0.2, 0.25) is 5.02 Å². The van der Waals surface area contributed by atoms with E-state index in [-0.39, 0.29) is 28.6 Å². The van der Waals surface area contributed by atoms with Crippen LogP contribution in [0.5, 0.6) is 0 Å². The van der Waals surface area contributed by atoms with Crippen molar-refractivity contribution in [2.24, 2.45) is 0 Å². The van der Waals surface area contributed by atoms with Crippen molar-refractivity contribution in [1.29, 1.82) is 0 Å². The van der Waals surface area contributed by atoms with Crippen molar-refractivity contribution in [3.05, 3.63) is 58.1 Å². The van der Waals surface area contributed by atoms with Crippen molar-refractivity contribution < 1.29 is 32.3 Å². The normalized spacial score (nSPS) is 21.0. The number of hydrogen-bond acceptors (Lipinski definition) is 6. The number of amides is 3. The molecule has 2 aromatic rings. The number of carbonyl (C=O) groups is 3. The van der Waals surface area contributed by atoms with Crippen molar-refractivity contribution in [3.63, 3.8) is 0 Å². The number of halogens is 4. The molecule has 0 unspecified atom stereocenters. The molecule has 260 valence electrons. The molecule has 3 saturated heterocycles. The molecular formula is C35H43ClF3N5O4. The molecule has 1 atom stereocenters. The Labute approximate surface area is 284 Å². The Morgan fingerprint density at radius 2 is 1.71 bits per heavy atom. The summed E-state index contributed by atoms with van der Waals surface area (Å²) in [4.78, 5) is 45.9. The second kappa shape index (κ2) is 14.2. The van der Waals surface area contributed by atoms with Crippen LogP contribution in [-0.2, 0) is 32.3 Å². The van der Waals surface area contributed by atoms with Gasteiger partial charge in [0.2, 0.25) is 5.91 Å². The molecule has 0 bridgehead atoms. The summed E-state index contributed by atoms with van der Waals surface area (Å²) < 4.78 is 47.9. The van der Waals surface area contributed by atoms with Gasteiger partial charge in [-0.3, -0.25) is 9.59 Å². The number of benzene rings is 2. The molecule has 0 radical (unpaired) electrons. The van der Waals surface area contributed by atoms with E-state index in [9.17, 15) is 27.6 Å². The van der Waals surface area contributed by atoms with Crippen molar-refractivity contribution in [1.82, 2.24) is 14.7 Å². The van der Waals surface area contributed by atoms with E-state index in [0.29, 0.717) is 51.5 Å². The van der Waals surface area contributed by atoms with Crippen LogP contribution in [0, 0.1) is 0 Å². The molecule has 48 heavy (non-hydrogen) atoms. The molecule has 4 aliphatic rings. The Bertz CT molecular complexity index is 1520. The second-order valence-corrected chi connectivity index (χ2v) is 13.9. The topological polar surface area (TPSA) is 94.2 Å². The summed E-state index contributed by atoms with van der Waals surface area (Å²) in [6, 6.07) is 10.4. The van der Waals surface area contributed by atoms with Crippen LogP contribution in [0.3, 0.4) is 0 Å². The molecule has 4 aliphatic heterocycles. The van der Waals surface area contributed by atoms with Crippen LogP contribution in [0.15, 0.2) is 36.4 Å². The summed E-state index contributed by atoms with van der Waals surface area (Å²) in [7, 11) is 1.36. The van der Waals surface area contributed by atoms with E-state index in [1.807, 2.05) is 24.3 Å². The number of rotatable bonds is 6. The fourth-order valence-electron chi connectivity index (χ4n) is 8.00. The number of ether oxygens (including phenoxy) is 1. The average molecular weight is 690 g/mol. The molecule has 0 aliphatic carbocycles. The molecule has 2 aromatic carbocycles. The number of fused-ring (bicyclic) bond motifs is 2. The minimum absolute atomic E-state index is 0.0689. The maximum absolute atomic E-state index is 14.0. The van der Waals surface area contributed by atoms with Crippen LogP contribution in [0.25, 0.3) is 0 Å². The molecule has 3 fully saturated rings. The van der Waals surface area contributed by atoms with Crippen LogP contribution in [0.4, 0.5) is 29.3 Å². The highest BCUT2D eigenvalue weighted by molar-refractivity contribution is 6.33. The van der Waals surface area contributed by atoms with Gasteiger partial charge < -0.3 is 30.1 Å². The van der Waals surface area contributed by atoms with Crippen LogP contribution in [0.1, 0.15) is 68.1 Å². The first-order chi connectivity index (χ1) is 23.0. The van der Waals surface area contributed by atoms with Crippen molar-refractivity contribution in [3.8, 4) is 0 Å². The van der Waals surface area contributed by atoms with Crippen molar-refractivity contribution in [2.75, 3.05) is 56.9 Å². The van der Waals surface area contributed by atoms with Gasteiger partial charge in [-0.2, -0.15) is 13.2 Å². The highest BCUT2D eigenvalue weighted by atomic mass is 35.5. The van der Waals surface area contributed by atoms with Gasteiger partial charge in [-0.15, -0.1) is 0 Å². The molecule has 0 saturated carbocycles. The summed E-state index contributed by atoms with van der Waals surface area (Å²) in [6.07, 6.45) is -0.454. The van der Waals surface area contributed by atoms with E-state index in [4.69, 9.17) is 16.3 Å². The average Bonchev–Trinajstić information content (AvgIpc) is 3.07. The third-order valence-corrected chi connectivity index (χ3v) is 10.9. The summed E-state index contributed by atoms with van der Waals surface area (Å²) in [5, 5.41) is 5.31. The Morgan fingerprint density at radius 1 is 1.02 bits per heavy atom. The fraction of sp³-hybridized carbons (Fsp3) is 0.571. The standard InChI is InChI=1S/C35H43ClF3N5O4/c1-40-31-26(35(37,38)39)19-23(20-27(31)36)21-29(32(46)43-15-9-24(10-16-43)42-13-5-2-6-14-42)48-33(47)44-17-11-34(12-18-44)22-30(45)41-28-8-4-3-7-25(28)34/h3-4,7-8,19-20,24,29,40H,2,5-6,9-18,21-22H2,1H3,(H,41,45)/t29-/m1/s1. The molecule has 0 aromatic heterocycles. The first kappa shape index (κ1) is 34.4. The summed E-state index contributed by atoms with van der Waals surface area (Å²) >= 11 is 6.28. The maximum Gasteiger partial charge on any atom is 0.418 e. The minimum atomic E-state index is -4.69. The zero-order valence-corrected chi connectivity index (χ0v) is 28.0. The van der Waals surface area contributed by atoms with Crippen LogP contribution in [-0.4, -0.2) is 91.1 Å². The van der Waals surface area contributed by atoms with E-state index in [1.54, 1.807) is 4.90 Å². The van der Waals surface area contributed by atoms with Gasteiger partial charge in [0.05, 0.1) is 16.3 Å². The number of nitrogens with zero attached hydrogens (tertiary/aromatic N) is 3. The van der Waals surface area contributed by atoms with Gasteiger partial charge in [0.1, 0.15) is 0 Å². The predicted octanol–water partition coefficient (Wildman–Crippen LogP) is 6.30. The van der Waals surface area contributed by atoms with Gasteiger partial charge in [0.25, 0.3) is 5.91 Å². The predicted molar refractivity (Wildman–Crippen MR) is 177 cm³/mol. The van der Waals surface area contributed by atoms with E-state index < -0.39 is 35.3 Å². The number of alkyl halides is 3. The monoisotopic (exact) mass is 689 g/mol. The number of likely N-dealkylation sites (tertiary alicyclic amines) is 3. The van der Waals surface area contributed by atoms with Gasteiger partial charge in [-0.25, -0.2) is 4.79 Å². The zero-order chi connectivity index (χ0) is 34.1. The van der Waals surface area contributed by atoms with Gasteiger partial charge in [-0.1, -0.05) is 36.2 Å². The number of para-hydroxylation sites is 1. The number of hydrogen-bond donors (Lipinski definition) is 2. The van der Waals surface area contributed by atoms with Gasteiger partial charge in [-0.05, 0) is 80.9 Å². The zero-order valence-electron chi connectivity index (χ0n) is 27.2. The van der Waals surface area contributed by atoms with Gasteiger partial charge >= 0.3 is 12.3 Å². The lowest BCUT2D eigenvalue weighted by Crippen LogP contribution is -2.52. The van der Waals surface area contributed by atoms with Crippen molar-refractivity contribution in [2.45, 2.75) is 81.5 Å². The first-order valence-corrected chi connectivity index (χ1v) is 17.3. The lowest BCUT2D eigenvalue weighted by Gasteiger charge is -2.44. The highest BCUT2D eigenvalue weighted by Crippen LogP contribution is 2.45. The Balaban J connectivity index is 1.19. The summed E-state index contributed by atoms with van der Waals surface area (Å²) in [6.45, 7) is 3.69. The lowest BCUT2D eigenvalue weighted by molar-refractivity contribution is -0.142. The largest absolute Gasteiger partial charge is 0.436 e. The lowest BCUT2D eigenvalue weighted by atomic mass is 9.68. The van der Waals surface area contributed by atoms with Crippen molar-refractivity contribution >= 4 is 40.9 Å². The summed E-state index contributed by atoms with van der Waals surface area (Å²) in [5.74, 6) is -0.491. The summed E-state index contributed by atoms with van der Waals surface area (Å²) in [5.41, 5.74) is 0.340. The first-order valence-electron chi connectivity index (χ1n) is 16.9.